The molecule has 0 amide bonds. The zero-order valence-corrected chi connectivity index (χ0v) is 11.5. The second-order valence-electron chi connectivity index (χ2n) is 4.97. The van der Waals surface area contributed by atoms with Crippen molar-refractivity contribution in [1.82, 2.24) is 0 Å². The SMILES string of the molecule is COC1C[N+](C(C)C)=CC(C)(C)C1.[Br-]. The Bertz CT molecular complexity index is 211. The maximum atomic E-state index is 5.45. The first kappa shape index (κ1) is 14.1. The molecule has 0 aliphatic carbocycles. The summed E-state index contributed by atoms with van der Waals surface area (Å²) in [6, 6.07) is 0.581. The van der Waals surface area contributed by atoms with Crippen LogP contribution in [0.25, 0.3) is 0 Å². The molecule has 0 aromatic rings. The standard InChI is InChI=1S/C11H22NO.BrH/c1-9(2)12-7-10(13-5)6-11(3,4)8-12;/h8-10H,6-7H2,1-5H3;1H/q+1;/p-1. The number of hydrogen-bond acceptors (Lipinski definition) is 1. The van der Waals surface area contributed by atoms with Gasteiger partial charge in [0.2, 0.25) is 0 Å². The van der Waals surface area contributed by atoms with Gasteiger partial charge in [-0.15, -0.1) is 0 Å². The number of halogens is 1. The minimum atomic E-state index is 0. The molecule has 1 unspecified atom stereocenters. The fourth-order valence-electron chi connectivity index (χ4n) is 1.96. The molecule has 1 rings (SSSR count). The molecule has 1 aliphatic rings. The van der Waals surface area contributed by atoms with Crippen molar-refractivity contribution in [3.63, 3.8) is 0 Å². The quantitative estimate of drug-likeness (QED) is 0.578. The summed E-state index contributed by atoms with van der Waals surface area (Å²) in [6.45, 7) is 10.0. The summed E-state index contributed by atoms with van der Waals surface area (Å²) >= 11 is 0. The van der Waals surface area contributed by atoms with Gasteiger partial charge in [-0.25, -0.2) is 4.58 Å². The molecule has 0 bridgehead atoms. The van der Waals surface area contributed by atoms with E-state index >= 15 is 0 Å². The molecule has 1 atom stereocenters. The van der Waals surface area contributed by atoms with Crippen LogP contribution in [0.15, 0.2) is 0 Å². The van der Waals surface area contributed by atoms with Crippen LogP contribution in [0.5, 0.6) is 0 Å². The predicted molar refractivity (Wildman–Crippen MR) is 55.5 cm³/mol. The van der Waals surface area contributed by atoms with Crippen molar-refractivity contribution < 1.29 is 26.3 Å². The summed E-state index contributed by atoms with van der Waals surface area (Å²) in [5, 5.41) is 0. The molecule has 0 aromatic carbocycles. The van der Waals surface area contributed by atoms with Crippen LogP contribution < -0.4 is 17.0 Å². The molecule has 0 spiro atoms. The normalized spacial score (nSPS) is 25.6. The molecule has 0 N–H and O–H groups in total. The van der Waals surface area contributed by atoms with Crippen molar-refractivity contribution in [2.24, 2.45) is 5.41 Å². The van der Waals surface area contributed by atoms with Crippen molar-refractivity contribution >= 4 is 6.21 Å². The molecular weight excluding hydrogens is 242 g/mol. The number of nitrogens with zero attached hydrogens (tertiary/aromatic N) is 1. The topological polar surface area (TPSA) is 12.2 Å². The third kappa shape index (κ3) is 3.70. The highest BCUT2D eigenvalue weighted by Crippen LogP contribution is 2.25. The van der Waals surface area contributed by atoms with Gasteiger partial charge in [0.1, 0.15) is 18.4 Å². The molecule has 84 valence electrons. The summed E-state index contributed by atoms with van der Waals surface area (Å²) in [7, 11) is 1.81. The number of ether oxygens (including phenoxy) is 1. The van der Waals surface area contributed by atoms with Crippen molar-refractivity contribution in [2.75, 3.05) is 13.7 Å². The predicted octanol–water partition coefficient (Wildman–Crippen LogP) is -1.07. The smallest absolute Gasteiger partial charge is 0.168 e. The molecule has 2 nitrogen and oxygen atoms in total. The van der Waals surface area contributed by atoms with Crippen molar-refractivity contribution in [1.29, 1.82) is 0 Å². The maximum absolute atomic E-state index is 5.45. The van der Waals surface area contributed by atoms with E-state index in [9.17, 15) is 0 Å². The van der Waals surface area contributed by atoms with E-state index in [4.69, 9.17) is 4.74 Å². The van der Waals surface area contributed by atoms with E-state index in [0.29, 0.717) is 12.1 Å². The van der Waals surface area contributed by atoms with Crippen LogP contribution in [0.1, 0.15) is 34.1 Å². The van der Waals surface area contributed by atoms with E-state index in [2.05, 4.69) is 38.5 Å². The second-order valence-corrected chi connectivity index (χ2v) is 4.97. The van der Waals surface area contributed by atoms with Crippen molar-refractivity contribution in [3.05, 3.63) is 0 Å². The van der Waals surface area contributed by atoms with Gasteiger partial charge in [0.15, 0.2) is 6.54 Å². The number of rotatable bonds is 2. The molecular formula is C11H22BrNO. The largest absolute Gasteiger partial charge is 1.00 e. The van der Waals surface area contributed by atoms with Crippen LogP contribution in [0.3, 0.4) is 0 Å². The Labute approximate surface area is 98.1 Å². The van der Waals surface area contributed by atoms with Crippen molar-refractivity contribution in [3.8, 4) is 0 Å². The minimum absolute atomic E-state index is 0. The van der Waals surface area contributed by atoms with Gasteiger partial charge in [-0.1, -0.05) is 13.8 Å². The lowest BCUT2D eigenvalue weighted by atomic mass is 9.85. The lowest BCUT2D eigenvalue weighted by Gasteiger charge is -2.29. The minimum Gasteiger partial charge on any atom is -1.00 e. The lowest BCUT2D eigenvalue weighted by Crippen LogP contribution is -3.00. The fourth-order valence-corrected chi connectivity index (χ4v) is 1.96. The molecule has 0 radical (unpaired) electrons. The van der Waals surface area contributed by atoms with Gasteiger partial charge in [0, 0.05) is 12.5 Å². The van der Waals surface area contributed by atoms with E-state index in [-0.39, 0.29) is 22.4 Å². The van der Waals surface area contributed by atoms with Gasteiger partial charge in [-0.05, 0) is 20.3 Å². The summed E-state index contributed by atoms with van der Waals surface area (Å²) in [5.41, 5.74) is 0.281. The summed E-state index contributed by atoms with van der Waals surface area (Å²) in [5.74, 6) is 0. The first-order valence-electron chi connectivity index (χ1n) is 5.09. The molecule has 3 heteroatoms. The van der Waals surface area contributed by atoms with E-state index in [1.165, 1.54) is 0 Å². The third-order valence-electron chi connectivity index (χ3n) is 2.68. The monoisotopic (exact) mass is 263 g/mol. The van der Waals surface area contributed by atoms with Crippen LogP contribution in [0.2, 0.25) is 0 Å². The highest BCUT2D eigenvalue weighted by molar-refractivity contribution is 5.60. The molecule has 0 saturated heterocycles. The van der Waals surface area contributed by atoms with Gasteiger partial charge < -0.3 is 21.7 Å². The van der Waals surface area contributed by atoms with Crippen LogP contribution in [0.4, 0.5) is 0 Å². The maximum Gasteiger partial charge on any atom is 0.168 e. The van der Waals surface area contributed by atoms with Gasteiger partial charge in [0.05, 0.1) is 0 Å². The molecule has 1 heterocycles. The zero-order valence-electron chi connectivity index (χ0n) is 9.88. The second kappa shape index (κ2) is 5.26. The van der Waals surface area contributed by atoms with Crippen LogP contribution >= 0.6 is 0 Å². The number of hydrogen-bond donors (Lipinski definition) is 0. The Hall–Kier alpha value is 0.110. The van der Waals surface area contributed by atoms with Gasteiger partial charge in [-0.3, -0.25) is 0 Å². The van der Waals surface area contributed by atoms with Crippen LogP contribution in [-0.2, 0) is 4.74 Å². The Balaban J connectivity index is 0.00000169. The van der Waals surface area contributed by atoms with Gasteiger partial charge in [-0.2, -0.15) is 0 Å². The van der Waals surface area contributed by atoms with Gasteiger partial charge >= 0.3 is 0 Å². The van der Waals surface area contributed by atoms with E-state index in [1.807, 2.05) is 7.11 Å². The Morgan fingerprint density at radius 3 is 2.43 bits per heavy atom. The summed E-state index contributed by atoms with van der Waals surface area (Å²) in [6.07, 6.45) is 3.88. The summed E-state index contributed by atoms with van der Waals surface area (Å²) in [4.78, 5) is 0. The van der Waals surface area contributed by atoms with E-state index in [0.717, 1.165) is 13.0 Å². The molecule has 1 aliphatic heterocycles. The lowest BCUT2D eigenvalue weighted by molar-refractivity contribution is -0.571. The van der Waals surface area contributed by atoms with Crippen LogP contribution in [-0.4, -0.2) is 36.6 Å². The highest BCUT2D eigenvalue weighted by Gasteiger charge is 2.34. The zero-order chi connectivity index (χ0) is 10.1. The first-order chi connectivity index (χ1) is 5.94. The average molecular weight is 264 g/mol. The molecule has 0 aromatic heterocycles. The molecule has 0 saturated carbocycles. The van der Waals surface area contributed by atoms with E-state index < -0.39 is 0 Å². The molecule has 14 heavy (non-hydrogen) atoms. The average Bonchev–Trinajstić information content (AvgIpc) is 2.01. The third-order valence-corrected chi connectivity index (χ3v) is 2.68. The fraction of sp³-hybridized carbons (Fsp3) is 0.909. The van der Waals surface area contributed by atoms with Crippen molar-refractivity contribution in [2.45, 2.75) is 46.3 Å². The Morgan fingerprint density at radius 2 is 2.00 bits per heavy atom. The number of methoxy groups -OCH3 is 1. The first-order valence-corrected chi connectivity index (χ1v) is 5.09. The van der Waals surface area contributed by atoms with E-state index in [1.54, 1.807) is 0 Å². The summed E-state index contributed by atoms with van der Waals surface area (Å²) < 4.78 is 7.83. The Morgan fingerprint density at radius 1 is 1.43 bits per heavy atom. The van der Waals surface area contributed by atoms with Crippen LogP contribution in [0, 0.1) is 5.41 Å². The highest BCUT2D eigenvalue weighted by atomic mass is 79.9. The Kier molecular flexibility index (Phi) is 5.31. The van der Waals surface area contributed by atoms with Gasteiger partial charge in [0.25, 0.3) is 0 Å². The molecule has 0 fully saturated rings.